The van der Waals surface area contributed by atoms with Gasteiger partial charge >= 0.3 is 23.9 Å². The lowest BCUT2D eigenvalue weighted by atomic mass is 10.0. The number of fused-ring (bicyclic) bond motifs is 3. The van der Waals surface area contributed by atoms with Crippen LogP contribution in [0.5, 0.6) is 5.88 Å². The van der Waals surface area contributed by atoms with Gasteiger partial charge in [0, 0.05) is 48.2 Å². The Morgan fingerprint density at radius 1 is 0.500 bits per heavy atom. The van der Waals surface area contributed by atoms with E-state index in [1.54, 1.807) is 61.0 Å². The summed E-state index contributed by atoms with van der Waals surface area (Å²) >= 11 is 0. The minimum Gasteiger partial charge on any atom is -0.498 e. The minimum atomic E-state index is -0.425. The van der Waals surface area contributed by atoms with E-state index in [2.05, 4.69) is 24.7 Å². The Balaban J connectivity index is 1.12. The number of carbonyl (C=O) groups excluding carboxylic acids is 4. The molecule has 0 radical (unpaired) electrons. The lowest BCUT2D eigenvalue weighted by molar-refractivity contribution is -0.138. The van der Waals surface area contributed by atoms with Gasteiger partial charge in [0.1, 0.15) is 5.76 Å². The molecule has 6 rings (SSSR count). The molecule has 0 saturated carbocycles. The molecule has 4 aromatic carbocycles. The summed E-state index contributed by atoms with van der Waals surface area (Å²) in [5, 5.41) is 2.70. The maximum atomic E-state index is 12.7. The number of aromatic nitrogens is 1. The molecule has 1 heterocycles. The Morgan fingerprint density at radius 2 is 0.973 bits per heavy atom. The highest BCUT2D eigenvalue weighted by atomic mass is 16.5. The van der Waals surface area contributed by atoms with Gasteiger partial charge in [-0.05, 0) is 160 Å². The number of unbranched alkanes of at least 4 members (excludes halogenated alkanes) is 10. The number of rotatable bonds is 32. The molecule has 0 saturated heterocycles. The predicted molar refractivity (Wildman–Crippen MR) is 292 cm³/mol. The first-order valence-corrected chi connectivity index (χ1v) is 25.6. The second kappa shape index (κ2) is 30.8. The van der Waals surface area contributed by atoms with Crippen LogP contribution in [-0.4, -0.2) is 74.3 Å². The average molecular weight is 1000 g/mol. The molecule has 74 heavy (non-hydrogen) atoms. The van der Waals surface area contributed by atoms with Crippen LogP contribution in [0.25, 0.3) is 21.7 Å². The van der Waals surface area contributed by atoms with Gasteiger partial charge in [0.05, 0.1) is 66.8 Å². The summed E-state index contributed by atoms with van der Waals surface area (Å²) < 4.78 is 33.7. The Kier molecular flexibility index (Phi) is 23.1. The van der Waals surface area contributed by atoms with Crippen LogP contribution in [0, 0.1) is 0 Å². The number of carbonyl (C=O) groups is 4. The van der Waals surface area contributed by atoms with Crippen LogP contribution in [0.4, 0.5) is 11.4 Å². The van der Waals surface area contributed by atoms with Gasteiger partial charge in [-0.15, -0.1) is 6.58 Å². The number of allylic oxidation sites excluding steroid dienone is 5. The molecule has 0 unspecified atom stereocenters. The fourth-order valence-corrected chi connectivity index (χ4v) is 7.87. The van der Waals surface area contributed by atoms with E-state index in [1.807, 2.05) is 54.6 Å². The molecule has 1 aromatic heterocycles. The highest BCUT2D eigenvalue weighted by Crippen LogP contribution is 2.34. The zero-order valence-electron chi connectivity index (χ0n) is 42.3. The SMILES string of the molecule is C=CCCCCCCOC(=O)c1ccc(N=Cc2ccc3c(c2)c(OC2=CC=C(OCCCCCCOC(=O)C=C)CC2)nc2cc(C=Nc4ccc(C(=O)OCCCCCCOC(=O)C=C)cc4)ccc23)cc1. The highest BCUT2D eigenvalue weighted by molar-refractivity contribution is 6.10. The summed E-state index contributed by atoms with van der Waals surface area (Å²) in [6.07, 6.45) is 24.8. The molecule has 5 aromatic rings. The first-order chi connectivity index (χ1) is 36.2. The molecule has 0 fully saturated rings. The van der Waals surface area contributed by atoms with Gasteiger partial charge in [-0.25, -0.2) is 24.2 Å². The van der Waals surface area contributed by atoms with Crippen molar-refractivity contribution in [2.75, 3.05) is 33.0 Å². The topological polar surface area (TPSA) is 161 Å². The van der Waals surface area contributed by atoms with Crippen molar-refractivity contribution in [3.05, 3.63) is 169 Å². The van der Waals surface area contributed by atoms with Crippen molar-refractivity contribution in [2.45, 2.75) is 96.3 Å². The molecule has 0 amide bonds. The maximum Gasteiger partial charge on any atom is 0.338 e. The second-order valence-electron chi connectivity index (χ2n) is 17.7. The Bertz CT molecular complexity index is 2830. The first-order valence-electron chi connectivity index (χ1n) is 25.6. The molecule has 386 valence electrons. The summed E-state index contributed by atoms with van der Waals surface area (Å²) in [5.41, 5.74) is 4.67. The summed E-state index contributed by atoms with van der Waals surface area (Å²) in [5.74, 6) is 0.542. The fourth-order valence-electron chi connectivity index (χ4n) is 7.87. The van der Waals surface area contributed by atoms with Crippen molar-refractivity contribution in [3.8, 4) is 5.88 Å². The monoisotopic (exact) mass is 1000 g/mol. The average Bonchev–Trinajstić information content (AvgIpc) is 3.43. The zero-order chi connectivity index (χ0) is 52.2. The minimum absolute atomic E-state index is 0.306. The fraction of sp³-hybridized carbons (Fsp3) is 0.328. The van der Waals surface area contributed by atoms with Gasteiger partial charge < -0.3 is 28.4 Å². The normalized spacial score (nSPS) is 12.3. The number of hydrogen-bond donors (Lipinski definition) is 0. The van der Waals surface area contributed by atoms with Crippen LogP contribution in [0.2, 0.25) is 0 Å². The van der Waals surface area contributed by atoms with Gasteiger partial charge in [0.25, 0.3) is 0 Å². The van der Waals surface area contributed by atoms with E-state index in [4.69, 9.17) is 38.4 Å². The van der Waals surface area contributed by atoms with Crippen LogP contribution in [0.1, 0.15) is 128 Å². The summed E-state index contributed by atoms with van der Waals surface area (Å²) in [7, 11) is 0. The lowest BCUT2D eigenvalue weighted by Gasteiger charge is -2.18. The summed E-state index contributed by atoms with van der Waals surface area (Å²) in [6, 6.07) is 26.1. The van der Waals surface area contributed by atoms with E-state index in [1.165, 1.54) is 6.08 Å². The van der Waals surface area contributed by atoms with Crippen LogP contribution < -0.4 is 4.74 Å². The second-order valence-corrected chi connectivity index (χ2v) is 17.7. The third-order valence-electron chi connectivity index (χ3n) is 12.0. The maximum absolute atomic E-state index is 12.7. The molecular weight excluding hydrogens is 935 g/mol. The molecule has 1 aliphatic rings. The first kappa shape index (κ1) is 55.4. The zero-order valence-corrected chi connectivity index (χ0v) is 42.3. The van der Waals surface area contributed by atoms with E-state index in [9.17, 15) is 19.2 Å². The van der Waals surface area contributed by atoms with E-state index in [0.717, 1.165) is 127 Å². The number of aliphatic imine (C=N–C) groups is 2. The van der Waals surface area contributed by atoms with Crippen LogP contribution in [-0.2, 0) is 33.3 Å². The molecule has 0 atom stereocenters. The molecule has 13 nitrogen and oxygen atoms in total. The van der Waals surface area contributed by atoms with Crippen molar-refractivity contribution in [3.63, 3.8) is 0 Å². The van der Waals surface area contributed by atoms with Crippen molar-refractivity contribution in [1.82, 2.24) is 4.98 Å². The molecule has 1 aliphatic carbocycles. The van der Waals surface area contributed by atoms with E-state index in [0.29, 0.717) is 80.7 Å². The number of hydrogen-bond acceptors (Lipinski definition) is 13. The molecule has 0 bridgehead atoms. The van der Waals surface area contributed by atoms with E-state index < -0.39 is 17.9 Å². The quantitative estimate of drug-likeness (QED) is 0.00767. The molecule has 0 N–H and O–H groups in total. The molecular formula is C61H67N3O10. The van der Waals surface area contributed by atoms with Crippen molar-refractivity contribution in [1.29, 1.82) is 0 Å². The van der Waals surface area contributed by atoms with Gasteiger partial charge in [-0.2, -0.15) is 0 Å². The van der Waals surface area contributed by atoms with Gasteiger partial charge in [-0.1, -0.05) is 56.3 Å². The number of pyridine rings is 1. The van der Waals surface area contributed by atoms with Gasteiger partial charge in [0.15, 0.2) is 0 Å². The van der Waals surface area contributed by atoms with Crippen molar-refractivity contribution >= 4 is 69.4 Å². The van der Waals surface area contributed by atoms with Crippen molar-refractivity contribution in [2.24, 2.45) is 9.98 Å². The summed E-state index contributed by atoms with van der Waals surface area (Å²) in [6.45, 7) is 12.6. The smallest absolute Gasteiger partial charge is 0.338 e. The van der Waals surface area contributed by atoms with Crippen LogP contribution >= 0.6 is 0 Å². The third-order valence-corrected chi connectivity index (χ3v) is 12.0. The standard InChI is InChI=1S/C61H67N3O10/c1-4-7-8-9-10-18-39-72-60(67)47-22-26-49(27-23-47)62-43-45-20-34-53-54-35-21-46(44-63-50-28-24-48(25-29-50)61(68)73-40-19-14-13-17-38-71-58(66)6-3)42-56(54)64-59(55(53)41-45)74-52-32-30-51(31-33-52)69-36-15-11-12-16-37-70-57(65)5-2/h4-6,20-30,32,34-35,41-44H,1-3,7-19,31,33,36-40H2. The van der Waals surface area contributed by atoms with Crippen LogP contribution in [0.3, 0.4) is 0 Å². The molecule has 0 spiro atoms. The predicted octanol–water partition coefficient (Wildman–Crippen LogP) is 13.9. The van der Waals surface area contributed by atoms with Gasteiger partial charge in [0.2, 0.25) is 5.88 Å². The number of nitrogens with zero attached hydrogens (tertiary/aromatic N) is 3. The van der Waals surface area contributed by atoms with Gasteiger partial charge in [-0.3, -0.25) is 9.98 Å². The Hall–Kier alpha value is -7.93. The number of benzene rings is 4. The van der Waals surface area contributed by atoms with E-state index in [-0.39, 0.29) is 5.97 Å². The Labute approximate surface area is 434 Å². The van der Waals surface area contributed by atoms with Crippen LogP contribution in [0.15, 0.2) is 157 Å². The molecule has 13 heteroatoms. The number of ether oxygens (including phenoxy) is 6. The molecule has 0 aliphatic heterocycles. The highest BCUT2D eigenvalue weighted by Gasteiger charge is 2.16. The van der Waals surface area contributed by atoms with Crippen molar-refractivity contribution < 1.29 is 47.6 Å². The van der Waals surface area contributed by atoms with E-state index >= 15 is 0 Å². The summed E-state index contributed by atoms with van der Waals surface area (Å²) in [4.78, 5) is 62.2. The Morgan fingerprint density at radius 3 is 1.49 bits per heavy atom. The third kappa shape index (κ3) is 18.6. The lowest BCUT2D eigenvalue weighted by Crippen LogP contribution is -2.06. The number of esters is 4. The largest absolute Gasteiger partial charge is 0.498 e.